The van der Waals surface area contributed by atoms with Gasteiger partial charge < -0.3 is 15.4 Å². The first-order chi connectivity index (χ1) is 9.18. The van der Waals surface area contributed by atoms with E-state index < -0.39 is 0 Å². The number of nitrogens with two attached hydrogens (primary N) is 1. The summed E-state index contributed by atoms with van der Waals surface area (Å²) >= 11 is 0. The average Bonchev–Trinajstić information content (AvgIpc) is 3.02. The predicted molar refractivity (Wildman–Crippen MR) is 73.8 cm³/mol. The summed E-state index contributed by atoms with van der Waals surface area (Å²) in [6.07, 6.45) is 4.78. The third-order valence-corrected chi connectivity index (χ3v) is 3.86. The average molecular weight is 258 g/mol. The highest BCUT2D eigenvalue weighted by Gasteiger charge is 2.24. The van der Waals surface area contributed by atoms with E-state index in [-0.39, 0.29) is 5.75 Å². The van der Waals surface area contributed by atoms with Crippen LogP contribution in [0.4, 0.5) is 5.69 Å². The SMILES string of the molecule is Cc1nnc(-c2cccc(N)c2O)n1C1CCCC1. The molecule has 1 aromatic heterocycles. The molecule has 5 heteroatoms. The lowest BCUT2D eigenvalue weighted by atomic mass is 10.1. The van der Waals surface area contributed by atoms with Crippen LogP contribution in [-0.2, 0) is 0 Å². The fourth-order valence-electron chi connectivity index (χ4n) is 2.89. The molecule has 1 fully saturated rings. The number of benzene rings is 1. The Morgan fingerprint density at radius 3 is 2.74 bits per heavy atom. The molecule has 2 aromatic rings. The maximum absolute atomic E-state index is 10.1. The molecule has 3 rings (SSSR count). The number of hydrogen-bond donors (Lipinski definition) is 2. The summed E-state index contributed by atoms with van der Waals surface area (Å²) in [7, 11) is 0. The van der Waals surface area contributed by atoms with Gasteiger partial charge >= 0.3 is 0 Å². The molecule has 0 bridgehead atoms. The monoisotopic (exact) mass is 258 g/mol. The Hall–Kier alpha value is -2.04. The summed E-state index contributed by atoms with van der Waals surface area (Å²) in [4.78, 5) is 0. The standard InChI is InChI=1S/C14H18N4O/c1-9-16-17-14(18(9)10-5-2-3-6-10)11-7-4-8-12(15)13(11)19/h4,7-8,10,19H,2-3,5-6,15H2,1H3. The summed E-state index contributed by atoms with van der Waals surface area (Å²) in [6.45, 7) is 1.96. The highest BCUT2D eigenvalue weighted by Crippen LogP contribution is 2.37. The van der Waals surface area contributed by atoms with E-state index in [1.54, 1.807) is 6.07 Å². The lowest BCUT2D eigenvalue weighted by molar-refractivity contribution is 0.475. The van der Waals surface area contributed by atoms with Crippen molar-refractivity contribution in [1.82, 2.24) is 14.8 Å². The first kappa shape index (κ1) is 12.0. The molecular formula is C14H18N4O. The van der Waals surface area contributed by atoms with E-state index in [2.05, 4.69) is 14.8 Å². The Balaban J connectivity index is 2.12. The van der Waals surface area contributed by atoms with Gasteiger partial charge in [0.1, 0.15) is 11.6 Å². The summed E-state index contributed by atoms with van der Waals surface area (Å²) in [6, 6.07) is 5.78. The minimum absolute atomic E-state index is 0.0918. The Morgan fingerprint density at radius 2 is 2.00 bits per heavy atom. The minimum Gasteiger partial charge on any atom is -0.505 e. The number of aryl methyl sites for hydroxylation is 1. The molecule has 19 heavy (non-hydrogen) atoms. The molecule has 0 amide bonds. The Morgan fingerprint density at radius 1 is 1.26 bits per heavy atom. The number of nitrogen functional groups attached to an aromatic ring is 1. The summed E-state index contributed by atoms with van der Waals surface area (Å²) < 4.78 is 2.14. The van der Waals surface area contributed by atoms with Crippen LogP contribution in [0, 0.1) is 6.92 Å². The number of aromatic hydroxyl groups is 1. The van der Waals surface area contributed by atoms with Crippen LogP contribution in [-0.4, -0.2) is 19.9 Å². The van der Waals surface area contributed by atoms with Crippen molar-refractivity contribution in [3.63, 3.8) is 0 Å². The number of phenols is 1. The van der Waals surface area contributed by atoms with Crippen molar-refractivity contribution in [2.24, 2.45) is 0 Å². The van der Waals surface area contributed by atoms with Gasteiger partial charge in [-0.3, -0.25) is 0 Å². The van der Waals surface area contributed by atoms with Crippen LogP contribution in [0.25, 0.3) is 11.4 Å². The van der Waals surface area contributed by atoms with Gasteiger partial charge in [0.05, 0.1) is 11.3 Å². The number of anilines is 1. The molecule has 0 atom stereocenters. The topological polar surface area (TPSA) is 77.0 Å². The zero-order valence-electron chi connectivity index (χ0n) is 11.0. The van der Waals surface area contributed by atoms with Gasteiger partial charge in [0.25, 0.3) is 0 Å². The Kier molecular flexibility index (Phi) is 2.89. The van der Waals surface area contributed by atoms with Gasteiger partial charge in [0.2, 0.25) is 0 Å². The molecule has 0 radical (unpaired) electrons. The number of hydrogen-bond acceptors (Lipinski definition) is 4. The second-order valence-electron chi connectivity index (χ2n) is 5.12. The zero-order chi connectivity index (χ0) is 13.4. The van der Waals surface area contributed by atoms with E-state index in [0.717, 1.165) is 18.7 Å². The normalized spacial score (nSPS) is 16.1. The number of rotatable bonds is 2. The fraction of sp³-hybridized carbons (Fsp3) is 0.429. The van der Waals surface area contributed by atoms with E-state index in [4.69, 9.17) is 5.73 Å². The summed E-state index contributed by atoms with van der Waals surface area (Å²) in [5.74, 6) is 1.70. The first-order valence-electron chi connectivity index (χ1n) is 6.68. The van der Waals surface area contributed by atoms with E-state index in [1.807, 2.05) is 19.1 Å². The quantitative estimate of drug-likeness (QED) is 0.641. The van der Waals surface area contributed by atoms with Crippen LogP contribution >= 0.6 is 0 Å². The molecule has 0 spiro atoms. The second kappa shape index (κ2) is 4.57. The third kappa shape index (κ3) is 1.95. The smallest absolute Gasteiger partial charge is 0.168 e. The number of phenolic OH excluding ortho intramolecular Hbond substituents is 1. The van der Waals surface area contributed by atoms with Crippen molar-refractivity contribution in [3.05, 3.63) is 24.0 Å². The molecule has 0 saturated heterocycles. The van der Waals surface area contributed by atoms with Crippen LogP contribution < -0.4 is 5.73 Å². The van der Waals surface area contributed by atoms with Gasteiger partial charge in [-0.15, -0.1) is 10.2 Å². The number of aromatic nitrogens is 3. The van der Waals surface area contributed by atoms with Crippen LogP contribution in [0.3, 0.4) is 0 Å². The van der Waals surface area contributed by atoms with Gasteiger partial charge in [-0.05, 0) is 31.9 Å². The number of nitrogens with zero attached hydrogens (tertiary/aromatic N) is 3. The molecule has 1 aromatic carbocycles. The molecule has 1 aliphatic carbocycles. The second-order valence-corrected chi connectivity index (χ2v) is 5.12. The molecule has 1 saturated carbocycles. The van der Waals surface area contributed by atoms with Crippen LogP contribution in [0.15, 0.2) is 18.2 Å². The maximum atomic E-state index is 10.1. The summed E-state index contributed by atoms with van der Waals surface area (Å²) in [5.41, 5.74) is 6.79. The highest BCUT2D eigenvalue weighted by molar-refractivity contribution is 5.72. The highest BCUT2D eigenvalue weighted by atomic mass is 16.3. The minimum atomic E-state index is 0.0918. The Bertz CT molecular complexity index is 599. The van der Waals surface area contributed by atoms with Crippen molar-refractivity contribution < 1.29 is 5.11 Å². The Labute approximate surface area is 112 Å². The van der Waals surface area contributed by atoms with Gasteiger partial charge in [0.15, 0.2) is 5.82 Å². The van der Waals surface area contributed by atoms with Crippen molar-refractivity contribution in [2.45, 2.75) is 38.6 Å². The molecular weight excluding hydrogens is 240 g/mol. The van der Waals surface area contributed by atoms with E-state index in [0.29, 0.717) is 23.1 Å². The molecule has 0 aliphatic heterocycles. The molecule has 0 unspecified atom stereocenters. The lowest BCUT2D eigenvalue weighted by Crippen LogP contribution is -2.09. The largest absolute Gasteiger partial charge is 0.505 e. The van der Waals surface area contributed by atoms with Gasteiger partial charge in [-0.2, -0.15) is 0 Å². The van der Waals surface area contributed by atoms with Gasteiger partial charge in [-0.1, -0.05) is 18.9 Å². The third-order valence-electron chi connectivity index (χ3n) is 3.86. The first-order valence-corrected chi connectivity index (χ1v) is 6.68. The van der Waals surface area contributed by atoms with E-state index in [9.17, 15) is 5.11 Å². The maximum Gasteiger partial charge on any atom is 0.168 e. The number of para-hydroxylation sites is 1. The van der Waals surface area contributed by atoms with Crippen molar-refractivity contribution in [1.29, 1.82) is 0 Å². The van der Waals surface area contributed by atoms with Gasteiger partial charge in [0, 0.05) is 6.04 Å². The van der Waals surface area contributed by atoms with Crippen molar-refractivity contribution >= 4 is 5.69 Å². The molecule has 5 nitrogen and oxygen atoms in total. The molecule has 3 N–H and O–H groups in total. The lowest BCUT2D eigenvalue weighted by Gasteiger charge is -2.16. The van der Waals surface area contributed by atoms with Crippen LogP contribution in [0.1, 0.15) is 37.5 Å². The van der Waals surface area contributed by atoms with E-state index in [1.165, 1.54) is 12.8 Å². The van der Waals surface area contributed by atoms with Crippen molar-refractivity contribution in [2.75, 3.05) is 5.73 Å². The van der Waals surface area contributed by atoms with Crippen LogP contribution in [0.5, 0.6) is 5.75 Å². The fourth-order valence-corrected chi connectivity index (χ4v) is 2.89. The molecule has 100 valence electrons. The zero-order valence-corrected chi connectivity index (χ0v) is 11.0. The molecule has 1 aliphatic rings. The molecule has 1 heterocycles. The predicted octanol–water partition coefficient (Wildman–Crippen LogP) is 2.66. The van der Waals surface area contributed by atoms with E-state index >= 15 is 0 Å². The van der Waals surface area contributed by atoms with Gasteiger partial charge in [-0.25, -0.2) is 0 Å². The summed E-state index contributed by atoms with van der Waals surface area (Å²) in [5, 5.41) is 18.5. The van der Waals surface area contributed by atoms with Crippen LogP contribution in [0.2, 0.25) is 0 Å². The van der Waals surface area contributed by atoms with Crippen molar-refractivity contribution in [3.8, 4) is 17.1 Å².